The number of non-ortho nitro benzene ring substituents is 1. The molecular weight excluding hydrogens is 390 g/mol. The summed E-state index contributed by atoms with van der Waals surface area (Å²) in [7, 11) is -0.627. The first-order chi connectivity index (χ1) is 12.6. The highest BCUT2D eigenvalue weighted by molar-refractivity contribution is 8.00. The molecule has 27 heavy (non-hydrogen) atoms. The van der Waals surface area contributed by atoms with Crippen LogP contribution in [0, 0.1) is 10.1 Å². The molecule has 1 unspecified atom stereocenters. The number of benzene rings is 2. The van der Waals surface area contributed by atoms with Crippen molar-refractivity contribution >= 4 is 39.1 Å². The zero-order valence-electron chi connectivity index (χ0n) is 14.9. The molecule has 0 aliphatic rings. The van der Waals surface area contributed by atoms with Crippen molar-refractivity contribution in [1.82, 2.24) is 4.31 Å². The van der Waals surface area contributed by atoms with Gasteiger partial charge in [-0.2, -0.15) is 0 Å². The normalized spacial score (nSPS) is 12.6. The van der Waals surface area contributed by atoms with Gasteiger partial charge in [-0.3, -0.25) is 14.9 Å². The van der Waals surface area contributed by atoms with E-state index in [9.17, 15) is 23.3 Å². The number of carbonyl (C=O) groups is 1. The molecule has 0 aromatic heterocycles. The van der Waals surface area contributed by atoms with Gasteiger partial charge in [0.05, 0.1) is 15.1 Å². The maximum atomic E-state index is 12.3. The van der Waals surface area contributed by atoms with Crippen molar-refractivity contribution in [2.45, 2.75) is 22.0 Å². The second-order valence-corrected chi connectivity index (χ2v) is 9.38. The lowest BCUT2D eigenvalue weighted by molar-refractivity contribution is -0.384. The van der Waals surface area contributed by atoms with Gasteiger partial charge in [-0.1, -0.05) is 0 Å². The van der Waals surface area contributed by atoms with E-state index < -0.39 is 20.2 Å². The number of sulfonamides is 1. The lowest BCUT2D eigenvalue weighted by Gasteiger charge is -2.14. The van der Waals surface area contributed by atoms with Crippen LogP contribution in [0.3, 0.4) is 0 Å². The molecule has 0 bridgehead atoms. The minimum atomic E-state index is -3.52. The van der Waals surface area contributed by atoms with Crippen LogP contribution in [0.15, 0.2) is 58.3 Å². The topological polar surface area (TPSA) is 110 Å². The number of rotatable bonds is 7. The summed E-state index contributed by atoms with van der Waals surface area (Å²) in [5.41, 5.74) is 0.470. The molecule has 0 heterocycles. The minimum Gasteiger partial charge on any atom is -0.325 e. The average molecular weight is 409 g/mol. The largest absolute Gasteiger partial charge is 0.325 e. The Balaban J connectivity index is 2.00. The summed E-state index contributed by atoms with van der Waals surface area (Å²) in [4.78, 5) is 23.4. The van der Waals surface area contributed by atoms with Gasteiger partial charge < -0.3 is 5.32 Å². The molecule has 0 aliphatic heterocycles. The van der Waals surface area contributed by atoms with Crippen LogP contribution in [0.4, 0.5) is 11.4 Å². The number of anilines is 1. The van der Waals surface area contributed by atoms with Crippen LogP contribution in [-0.2, 0) is 14.8 Å². The first kappa shape index (κ1) is 20.9. The number of carbonyl (C=O) groups excluding carboxylic acids is 1. The number of hydrogen-bond donors (Lipinski definition) is 1. The predicted molar refractivity (Wildman–Crippen MR) is 104 cm³/mol. The maximum absolute atomic E-state index is 12.3. The van der Waals surface area contributed by atoms with Gasteiger partial charge in [0, 0.05) is 36.8 Å². The molecule has 0 aliphatic carbocycles. The molecule has 10 heteroatoms. The summed E-state index contributed by atoms with van der Waals surface area (Å²) in [6, 6.07) is 11.9. The summed E-state index contributed by atoms with van der Waals surface area (Å²) in [6.45, 7) is 1.71. The fraction of sp³-hybridized carbons (Fsp3) is 0.235. The first-order valence-electron chi connectivity index (χ1n) is 7.86. The van der Waals surface area contributed by atoms with Crippen LogP contribution < -0.4 is 5.32 Å². The van der Waals surface area contributed by atoms with Crippen molar-refractivity contribution < 1.29 is 18.1 Å². The molecule has 2 aromatic rings. The Morgan fingerprint density at radius 3 is 2.15 bits per heavy atom. The second kappa shape index (κ2) is 8.51. The van der Waals surface area contributed by atoms with Gasteiger partial charge >= 0.3 is 0 Å². The maximum Gasteiger partial charge on any atom is 0.269 e. The summed E-state index contributed by atoms with van der Waals surface area (Å²) in [5, 5.41) is 12.9. The van der Waals surface area contributed by atoms with Crippen LogP contribution in [0.1, 0.15) is 6.92 Å². The van der Waals surface area contributed by atoms with Crippen LogP contribution in [0.2, 0.25) is 0 Å². The molecule has 2 rings (SSSR count). The molecule has 1 atom stereocenters. The molecule has 1 N–H and O–H groups in total. The summed E-state index contributed by atoms with van der Waals surface area (Å²) in [5.74, 6) is -0.262. The van der Waals surface area contributed by atoms with E-state index in [1.165, 1.54) is 62.3 Å². The molecule has 1 amide bonds. The molecule has 0 saturated carbocycles. The third kappa shape index (κ3) is 5.28. The Bertz CT molecular complexity index is 926. The van der Waals surface area contributed by atoms with Crippen molar-refractivity contribution in [3.63, 3.8) is 0 Å². The van der Waals surface area contributed by atoms with Crippen LogP contribution in [-0.4, -0.2) is 42.9 Å². The SMILES string of the molecule is CC(Sc1ccc([N+](=O)[O-])cc1)C(=O)Nc1ccc(S(=O)(=O)N(C)C)cc1. The van der Waals surface area contributed by atoms with Crippen molar-refractivity contribution in [2.75, 3.05) is 19.4 Å². The minimum absolute atomic E-state index is 0.00998. The van der Waals surface area contributed by atoms with Gasteiger partial charge in [0.2, 0.25) is 15.9 Å². The summed E-state index contributed by atoms with van der Waals surface area (Å²) >= 11 is 1.27. The Morgan fingerprint density at radius 1 is 1.11 bits per heavy atom. The van der Waals surface area contributed by atoms with E-state index in [0.717, 1.165) is 9.20 Å². The molecule has 2 aromatic carbocycles. The first-order valence-corrected chi connectivity index (χ1v) is 10.2. The Hall–Kier alpha value is -2.43. The third-order valence-electron chi connectivity index (χ3n) is 3.63. The highest BCUT2D eigenvalue weighted by Gasteiger charge is 2.18. The second-order valence-electron chi connectivity index (χ2n) is 5.81. The number of nitro groups is 1. The summed E-state index contributed by atoms with van der Waals surface area (Å²) in [6.07, 6.45) is 0. The highest BCUT2D eigenvalue weighted by Crippen LogP contribution is 2.26. The Kier molecular flexibility index (Phi) is 6.58. The smallest absolute Gasteiger partial charge is 0.269 e. The molecule has 144 valence electrons. The van der Waals surface area contributed by atoms with E-state index in [0.29, 0.717) is 5.69 Å². The van der Waals surface area contributed by atoms with Crippen molar-refractivity contribution in [3.05, 3.63) is 58.6 Å². The number of nitrogens with one attached hydrogen (secondary N) is 1. The van der Waals surface area contributed by atoms with E-state index in [1.54, 1.807) is 19.1 Å². The van der Waals surface area contributed by atoms with Crippen LogP contribution in [0.25, 0.3) is 0 Å². The summed E-state index contributed by atoms with van der Waals surface area (Å²) < 4.78 is 25.2. The number of hydrogen-bond acceptors (Lipinski definition) is 6. The monoisotopic (exact) mass is 409 g/mol. The number of thioether (sulfide) groups is 1. The average Bonchev–Trinajstić information content (AvgIpc) is 2.62. The van der Waals surface area contributed by atoms with Crippen molar-refractivity contribution in [2.24, 2.45) is 0 Å². The molecular formula is C17H19N3O5S2. The van der Waals surface area contributed by atoms with E-state index in [1.807, 2.05) is 0 Å². The van der Waals surface area contributed by atoms with Crippen LogP contribution >= 0.6 is 11.8 Å². The van der Waals surface area contributed by atoms with E-state index >= 15 is 0 Å². The number of amides is 1. The van der Waals surface area contributed by atoms with E-state index in [2.05, 4.69) is 5.32 Å². The fourth-order valence-corrected chi connectivity index (χ4v) is 3.84. The fourth-order valence-electron chi connectivity index (χ4n) is 2.07. The Morgan fingerprint density at radius 2 is 1.67 bits per heavy atom. The lowest BCUT2D eigenvalue weighted by atomic mass is 10.3. The lowest BCUT2D eigenvalue weighted by Crippen LogP contribution is -2.23. The van der Waals surface area contributed by atoms with E-state index in [-0.39, 0.29) is 16.5 Å². The van der Waals surface area contributed by atoms with Crippen molar-refractivity contribution in [1.29, 1.82) is 0 Å². The van der Waals surface area contributed by atoms with Gasteiger partial charge in [0.1, 0.15) is 0 Å². The molecule has 8 nitrogen and oxygen atoms in total. The molecule has 0 fully saturated rings. The standard InChI is InChI=1S/C17H19N3O5S2/c1-12(26-15-8-6-14(7-9-15)20(22)23)17(21)18-13-4-10-16(11-5-13)27(24,25)19(2)3/h4-12H,1-3H3,(H,18,21). The highest BCUT2D eigenvalue weighted by atomic mass is 32.2. The van der Waals surface area contributed by atoms with E-state index in [4.69, 9.17) is 0 Å². The Labute approximate surface area is 161 Å². The van der Waals surface area contributed by atoms with Crippen molar-refractivity contribution in [3.8, 4) is 0 Å². The number of nitrogens with zero attached hydrogens (tertiary/aromatic N) is 2. The zero-order valence-corrected chi connectivity index (χ0v) is 16.6. The van der Waals surface area contributed by atoms with Gasteiger partial charge in [0.15, 0.2) is 0 Å². The third-order valence-corrected chi connectivity index (χ3v) is 6.57. The molecule has 0 spiro atoms. The van der Waals surface area contributed by atoms with Crippen LogP contribution in [0.5, 0.6) is 0 Å². The quantitative estimate of drug-likeness (QED) is 0.428. The van der Waals surface area contributed by atoms with Gasteiger partial charge in [-0.25, -0.2) is 12.7 Å². The predicted octanol–water partition coefficient (Wildman–Crippen LogP) is 2.96. The number of nitro benzene ring substituents is 1. The van der Waals surface area contributed by atoms with Gasteiger partial charge in [-0.05, 0) is 43.3 Å². The molecule has 0 saturated heterocycles. The van der Waals surface area contributed by atoms with Gasteiger partial charge in [0.25, 0.3) is 5.69 Å². The zero-order chi connectivity index (χ0) is 20.2. The van der Waals surface area contributed by atoms with Gasteiger partial charge in [-0.15, -0.1) is 11.8 Å². The molecule has 0 radical (unpaired) electrons.